The van der Waals surface area contributed by atoms with Crippen molar-refractivity contribution < 1.29 is 26.7 Å². The van der Waals surface area contributed by atoms with Gasteiger partial charge < -0.3 is 15.6 Å². The summed E-state index contributed by atoms with van der Waals surface area (Å²) in [5.74, 6) is -0.542. The first kappa shape index (κ1) is 14.5. The van der Waals surface area contributed by atoms with Gasteiger partial charge in [-0.15, -0.1) is 0 Å². The number of urea groups is 1. The van der Waals surface area contributed by atoms with Crippen molar-refractivity contribution in [2.75, 3.05) is 5.32 Å². The van der Waals surface area contributed by atoms with Crippen LogP contribution in [0.1, 0.15) is 11.1 Å². The number of rotatable bonds is 3. The number of carbonyl (C=O) groups excluding carboxylic acids is 1. The van der Waals surface area contributed by atoms with Crippen molar-refractivity contribution >= 4 is 22.8 Å². The lowest BCUT2D eigenvalue weighted by Gasteiger charge is -2.12. The molecule has 1 unspecified atom stereocenters. The molecule has 0 radical (unpaired) electrons. The van der Waals surface area contributed by atoms with Crippen molar-refractivity contribution in [3.8, 4) is 0 Å². The molecule has 2 amide bonds. The maximum absolute atomic E-state index is 12.4. The van der Waals surface area contributed by atoms with Gasteiger partial charge in [0.2, 0.25) is 0 Å². The smallest absolute Gasteiger partial charge is 0.351 e. The molecule has 100 valence electrons. The number of hydrogen-bond donors (Lipinski definition) is 3. The predicted molar refractivity (Wildman–Crippen MR) is 59.1 cm³/mol. The SMILES string of the molecule is NC(=O)Nc1ccc(C(F)(F)F)cc1CS(=O)O. The molecule has 0 saturated heterocycles. The molecular weight excluding hydrogens is 273 g/mol. The zero-order valence-electron chi connectivity index (χ0n) is 8.82. The van der Waals surface area contributed by atoms with Crippen LogP contribution in [0, 0.1) is 0 Å². The second-order valence-corrected chi connectivity index (χ2v) is 4.26. The first-order valence-corrected chi connectivity index (χ1v) is 5.82. The summed E-state index contributed by atoms with van der Waals surface area (Å²) in [5, 5.41) is 2.08. The molecule has 0 heterocycles. The number of benzene rings is 1. The van der Waals surface area contributed by atoms with Crippen LogP contribution in [0.2, 0.25) is 0 Å². The Balaban J connectivity index is 3.20. The van der Waals surface area contributed by atoms with Gasteiger partial charge in [-0.3, -0.25) is 0 Å². The van der Waals surface area contributed by atoms with Gasteiger partial charge in [-0.1, -0.05) is 0 Å². The highest BCUT2D eigenvalue weighted by Crippen LogP contribution is 2.32. The normalized spacial score (nSPS) is 13.1. The first-order valence-electron chi connectivity index (χ1n) is 4.54. The van der Waals surface area contributed by atoms with Crippen LogP contribution in [-0.2, 0) is 23.0 Å². The summed E-state index contributed by atoms with van der Waals surface area (Å²) in [7, 11) is 0. The third-order valence-corrected chi connectivity index (χ3v) is 2.53. The van der Waals surface area contributed by atoms with Crippen molar-refractivity contribution in [3.63, 3.8) is 0 Å². The molecule has 0 bridgehead atoms. The van der Waals surface area contributed by atoms with Crippen LogP contribution in [0.4, 0.5) is 23.7 Å². The molecule has 1 atom stereocenters. The van der Waals surface area contributed by atoms with E-state index in [2.05, 4.69) is 5.32 Å². The fourth-order valence-electron chi connectivity index (χ4n) is 1.28. The molecule has 0 fully saturated rings. The van der Waals surface area contributed by atoms with Gasteiger partial charge >= 0.3 is 12.2 Å². The minimum Gasteiger partial charge on any atom is -0.351 e. The quantitative estimate of drug-likeness (QED) is 0.739. The largest absolute Gasteiger partial charge is 0.416 e. The van der Waals surface area contributed by atoms with E-state index in [0.717, 1.165) is 12.1 Å². The topological polar surface area (TPSA) is 92.4 Å². The Labute approximate surface area is 102 Å². The summed E-state index contributed by atoms with van der Waals surface area (Å²) in [6.45, 7) is 0. The number of nitrogens with two attached hydrogens (primary N) is 1. The second-order valence-electron chi connectivity index (χ2n) is 3.32. The zero-order valence-corrected chi connectivity index (χ0v) is 9.64. The van der Waals surface area contributed by atoms with Gasteiger partial charge in [0.15, 0.2) is 11.1 Å². The summed E-state index contributed by atoms with van der Waals surface area (Å²) in [6, 6.07) is 1.45. The molecule has 0 aliphatic heterocycles. The fourth-order valence-corrected chi connectivity index (χ4v) is 1.78. The molecule has 1 aromatic carbocycles. The van der Waals surface area contributed by atoms with E-state index < -0.39 is 34.6 Å². The zero-order chi connectivity index (χ0) is 13.9. The molecule has 4 N–H and O–H groups in total. The van der Waals surface area contributed by atoms with E-state index in [1.807, 2.05) is 0 Å². The third-order valence-electron chi connectivity index (χ3n) is 1.97. The van der Waals surface area contributed by atoms with E-state index in [4.69, 9.17) is 10.3 Å². The van der Waals surface area contributed by atoms with Crippen molar-refractivity contribution in [2.24, 2.45) is 5.73 Å². The molecule has 18 heavy (non-hydrogen) atoms. The Morgan fingerprint density at radius 1 is 1.44 bits per heavy atom. The van der Waals surface area contributed by atoms with E-state index in [1.54, 1.807) is 0 Å². The molecule has 0 spiro atoms. The standard InChI is InChI=1S/C9H9F3N2O3S/c10-9(11,12)6-1-2-7(14-8(13)15)5(3-6)4-18(16)17/h1-3H,4H2,(H,16,17)(H3,13,14,15). The molecule has 1 aromatic rings. The molecule has 0 aliphatic carbocycles. The number of anilines is 1. The number of halogens is 3. The van der Waals surface area contributed by atoms with Crippen LogP contribution < -0.4 is 11.1 Å². The lowest BCUT2D eigenvalue weighted by Crippen LogP contribution is -2.20. The fraction of sp³-hybridized carbons (Fsp3) is 0.222. The van der Waals surface area contributed by atoms with E-state index in [1.165, 1.54) is 0 Å². The molecular formula is C9H9F3N2O3S. The van der Waals surface area contributed by atoms with Crippen LogP contribution in [0.15, 0.2) is 18.2 Å². The van der Waals surface area contributed by atoms with E-state index in [9.17, 15) is 22.2 Å². The van der Waals surface area contributed by atoms with E-state index in [-0.39, 0.29) is 11.3 Å². The minimum absolute atomic E-state index is 0.0297. The summed E-state index contributed by atoms with van der Waals surface area (Å²) >= 11 is -2.34. The predicted octanol–water partition coefficient (Wildman–Crippen LogP) is 1.92. The van der Waals surface area contributed by atoms with Crippen LogP contribution in [0.3, 0.4) is 0 Å². The van der Waals surface area contributed by atoms with Crippen LogP contribution >= 0.6 is 0 Å². The lowest BCUT2D eigenvalue weighted by molar-refractivity contribution is -0.137. The van der Waals surface area contributed by atoms with Gasteiger partial charge in [-0.05, 0) is 23.8 Å². The van der Waals surface area contributed by atoms with Gasteiger partial charge in [-0.25, -0.2) is 9.00 Å². The average Bonchev–Trinajstić information content (AvgIpc) is 2.17. The molecule has 0 aromatic heterocycles. The Morgan fingerprint density at radius 3 is 2.50 bits per heavy atom. The highest BCUT2D eigenvalue weighted by atomic mass is 32.2. The van der Waals surface area contributed by atoms with Gasteiger partial charge in [0.1, 0.15) is 0 Å². The van der Waals surface area contributed by atoms with Gasteiger partial charge in [0.05, 0.1) is 11.3 Å². The number of nitrogens with one attached hydrogen (secondary N) is 1. The van der Waals surface area contributed by atoms with Crippen LogP contribution in [0.5, 0.6) is 0 Å². The number of alkyl halides is 3. The Hall–Kier alpha value is -1.61. The molecule has 0 aliphatic rings. The second kappa shape index (κ2) is 5.36. The van der Waals surface area contributed by atoms with Crippen molar-refractivity contribution in [3.05, 3.63) is 29.3 Å². The number of amides is 2. The molecule has 0 saturated carbocycles. The minimum atomic E-state index is -4.57. The molecule has 5 nitrogen and oxygen atoms in total. The number of carbonyl (C=O) groups is 1. The monoisotopic (exact) mass is 282 g/mol. The summed E-state index contributed by atoms with van der Waals surface area (Å²) < 4.78 is 56.7. The third kappa shape index (κ3) is 4.00. The lowest BCUT2D eigenvalue weighted by atomic mass is 10.1. The Kier molecular flexibility index (Phi) is 4.30. The first-order chi connectivity index (χ1) is 8.20. The Bertz CT molecular complexity index is 490. The van der Waals surface area contributed by atoms with Crippen molar-refractivity contribution in [1.82, 2.24) is 0 Å². The summed E-state index contributed by atoms with van der Waals surface area (Å²) in [4.78, 5) is 10.6. The van der Waals surface area contributed by atoms with Crippen LogP contribution in [0.25, 0.3) is 0 Å². The van der Waals surface area contributed by atoms with Crippen LogP contribution in [-0.4, -0.2) is 14.8 Å². The highest BCUT2D eigenvalue weighted by Gasteiger charge is 2.31. The maximum atomic E-state index is 12.4. The maximum Gasteiger partial charge on any atom is 0.416 e. The Morgan fingerprint density at radius 2 is 2.06 bits per heavy atom. The summed E-state index contributed by atoms with van der Waals surface area (Å²) in [5.41, 5.74) is 3.71. The van der Waals surface area contributed by atoms with Gasteiger partial charge in [0.25, 0.3) is 0 Å². The number of hydrogen-bond acceptors (Lipinski definition) is 2. The van der Waals surface area contributed by atoms with E-state index >= 15 is 0 Å². The van der Waals surface area contributed by atoms with Gasteiger partial charge in [-0.2, -0.15) is 13.2 Å². The van der Waals surface area contributed by atoms with E-state index in [0.29, 0.717) is 6.07 Å². The highest BCUT2D eigenvalue weighted by molar-refractivity contribution is 7.78. The molecule has 9 heteroatoms. The van der Waals surface area contributed by atoms with Gasteiger partial charge in [0, 0.05) is 5.69 Å². The summed E-state index contributed by atoms with van der Waals surface area (Å²) in [6.07, 6.45) is -4.57. The average molecular weight is 282 g/mol. The molecule has 1 rings (SSSR count). The van der Waals surface area contributed by atoms with Crippen molar-refractivity contribution in [2.45, 2.75) is 11.9 Å². The number of primary amides is 1. The van der Waals surface area contributed by atoms with Crippen molar-refractivity contribution in [1.29, 1.82) is 0 Å².